The van der Waals surface area contributed by atoms with Crippen LogP contribution in [0, 0.1) is 10.1 Å². The molecule has 0 spiro atoms. The molecule has 1 aromatic carbocycles. The predicted octanol–water partition coefficient (Wildman–Crippen LogP) is 2.96. The summed E-state index contributed by atoms with van der Waals surface area (Å²) in [5.74, 6) is 0. The van der Waals surface area contributed by atoms with E-state index in [-0.39, 0.29) is 11.7 Å². The van der Waals surface area contributed by atoms with E-state index in [0.717, 1.165) is 10.5 Å². The minimum Gasteiger partial charge on any atom is -0.258 e. The maximum absolute atomic E-state index is 11.4. The molecule has 1 unspecified atom stereocenters. The number of rotatable bonds is 7. The summed E-state index contributed by atoms with van der Waals surface area (Å²) in [6.45, 7) is 3.72. The van der Waals surface area contributed by atoms with Gasteiger partial charge in [0.25, 0.3) is 5.69 Å². The maximum Gasteiger partial charge on any atom is 0.269 e. The Balaban J connectivity index is 2.37. The summed E-state index contributed by atoms with van der Waals surface area (Å²) in [7, 11) is -1.22. The second-order valence-corrected chi connectivity index (χ2v) is 7.07. The first-order valence-electron chi connectivity index (χ1n) is 6.18. The van der Waals surface area contributed by atoms with Crippen LogP contribution in [0.4, 0.5) is 5.69 Å². The lowest BCUT2D eigenvalue weighted by atomic mass is 10.1. The Kier molecular flexibility index (Phi) is 4.95. The number of hydrogen-bond donors (Lipinski definition) is 1. The average Bonchev–Trinajstić information content (AvgIpc) is 3.20. The third-order valence-corrected chi connectivity index (χ3v) is 4.90. The van der Waals surface area contributed by atoms with Crippen molar-refractivity contribution in [2.24, 2.45) is 0 Å². The van der Waals surface area contributed by atoms with Crippen LogP contribution in [0.3, 0.4) is 0 Å². The normalized spacial score (nSPS) is 17.4. The Morgan fingerprint density at radius 1 is 1.60 bits per heavy atom. The first-order valence-corrected chi connectivity index (χ1v) is 8.62. The molecule has 0 saturated heterocycles. The van der Waals surface area contributed by atoms with E-state index in [9.17, 15) is 14.3 Å². The number of nitrogens with zero attached hydrogens (tertiary/aromatic N) is 1. The number of nitro benzene ring substituents is 1. The lowest BCUT2D eigenvalue weighted by Gasteiger charge is -2.17. The zero-order chi connectivity index (χ0) is 14.7. The van der Waals surface area contributed by atoms with Crippen LogP contribution in [-0.4, -0.2) is 20.6 Å². The summed E-state index contributed by atoms with van der Waals surface area (Å²) in [5, 5.41) is 11.5. The molecule has 0 radical (unpaired) electrons. The molecule has 0 bridgehead atoms. The lowest BCUT2D eigenvalue weighted by molar-refractivity contribution is -0.385. The van der Waals surface area contributed by atoms with Crippen molar-refractivity contribution in [1.29, 1.82) is 0 Å². The molecular weight excluding hydrogens is 296 g/mol. The molecule has 7 heteroatoms. The number of nitro groups is 1. The van der Waals surface area contributed by atoms with Gasteiger partial charge >= 0.3 is 0 Å². The molecule has 1 saturated carbocycles. The monoisotopic (exact) mass is 312 g/mol. The van der Waals surface area contributed by atoms with E-state index in [0.29, 0.717) is 5.25 Å². The average molecular weight is 312 g/mol. The van der Waals surface area contributed by atoms with Crippen molar-refractivity contribution in [2.45, 2.75) is 29.0 Å². The van der Waals surface area contributed by atoms with Crippen LogP contribution in [-0.2, 0) is 11.0 Å². The second kappa shape index (κ2) is 6.51. The molecule has 5 nitrogen and oxygen atoms in total. The van der Waals surface area contributed by atoms with Gasteiger partial charge in [-0.05, 0) is 24.5 Å². The van der Waals surface area contributed by atoms with Crippen molar-refractivity contribution in [3.8, 4) is 0 Å². The molecule has 2 rings (SSSR count). The number of benzene rings is 1. The van der Waals surface area contributed by atoms with Crippen LogP contribution in [0.1, 0.15) is 24.4 Å². The third kappa shape index (κ3) is 3.91. The third-order valence-electron chi connectivity index (χ3n) is 2.89. The highest BCUT2D eigenvalue weighted by Crippen LogP contribution is 2.42. The molecule has 1 aromatic rings. The zero-order valence-corrected chi connectivity index (χ0v) is 12.7. The van der Waals surface area contributed by atoms with E-state index in [1.807, 2.05) is 0 Å². The first kappa shape index (κ1) is 15.2. The first-order chi connectivity index (χ1) is 9.51. The standard InChI is InChI=1S/C13H16N2O3S2/c1-3-12(14-20(2)18)11-8-9(15(16)17)4-7-13(11)19-10-5-6-10/h3-4,7-8,10,12,14H,1,5-6H2,2H3/t12?,20-/m0/s1. The zero-order valence-electron chi connectivity index (χ0n) is 11.1. The Morgan fingerprint density at radius 3 is 2.80 bits per heavy atom. The fourth-order valence-corrected chi connectivity index (χ4v) is 3.56. The predicted molar refractivity (Wildman–Crippen MR) is 82.1 cm³/mol. The van der Waals surface area contributed by atoms with E-state index in [1.54, 1.807) is 23.9 Å². The summed E-state index contributed by atoms with van der Waals surface area (Å²) in [6, 6.07) is 4.46. The molecule has 1 fully saturated rings. The van der Waals surface area contributed by atoms with Gasteiger partial charge in [0.2, 0.25) is 0 Å². The van der Waals surface area contributed by atoms with Gasteiger partial charge in [-0.3, -0.25) is 10.1 Å². The summed E-state index contributed by atoms with van der Waals surface area (Å²) in [4.78, 5) is 11.5. The van der Waals surface area contributed by atoms with Crippen LogP contribution < -0.4 is 4.72 Å². The summed E-state index contributed by atoms with van der Waals surface area (Å²) in [5.41, 5.74) is 0.803. The fraction of sp³-hybridized carbons (Fsp3) is 0.385. The molecule has 1 N–H and O–H groups in total. The van der Waals surface area contributed by atoms with Gasteiger partial charge < -0.3 is 0 Å². The van der Waals surface area contributed by atoms with Gasteiger partial charge in [0.05, 0.1) is 22.0 Å². The van der Waals surface area contributed by atoms with Gasteiger partial charge in [-0.15, -0.1) is 18.3 Å². The van der Waals surface area contributed by atoms with E-state index in [4.69, 9.17) is 0 Å². The van der Waals surface area contributed by atoms with Gasteiger partial charge in [0, 0.05) is 28.5 Å². The Labute approximate surface area is 124 Å². The van der Waals surface area contributed by atoms with Crippen molar-refractivity contribution in [2.75, 3.05) is 6.26 Å². The topological polar surface area (TPSA) is 72.2 Å². The van der Waals surface area contributed by atoms with Crippen LogP contribution >= 0.6 is 11.8 Å². The molecule has 0 heterocycles. The second-order valence-electron chi connectivity index (χ2n) is 4.58. The number of nitrogens with one attached hydrogen (secondary N) is 1. The molecule has 108 valence electrons. The summed E-state index contributed by atoms with van der Waals surface area (Å²) < 4.78 is 14.2. The van der Waals surface area contributed by atoms with E-state index in [1.165, 1.54) is 31.2 Å². The lowest BCUT2D eigenvalue weighted by Crippen LogP contribution is -2.21. The molecular formula is C13H16N2O3S2. The minimum absolute atomic E-state index is 0.0377. The molecule has 2 atom stereocenters. The van der Waals surface area contributed by atoms with Gasteiger partial charge in [0.15, 0.2) is 0 Å². The van der Waals surface area contributed by atoms with Gasteiger partial charge in [-0.25, -0.2) is 8.93 Å². The van der Waals surface area contributed by atoms with Crippen molar-refractivity contribution < 1.29 is 9.13 Å². The van der Waals surface area contributed by atoms with Crippen LogP contribution in [0.25, 0.3) is 0 Å². The van der Waals surface area contributed by atoms with Crippen molar-refractivity contribution in [3.63, 3.8) is 0 Å². The molecule has 0 aromatic heterocycles. The Hall–Kier alpha value is -1.18. The van der Waals surface area contributed by atoms with Crippen LogP contribution in [0.5, 0.6) is 0 Å². The Morgan fingerprint density at radius 2 is 2.30 bits per heavy atom. The fourth-order valence-electron chi connectivity index (χ4n) is 1.78. The summed E-state index contributed by atoms with van der Waals surface area (Å²) in [6.07, 6.45) is 5.50. The molecule has 0 aliphatic heterocycles. The highest BCUT2D eigenvalue weighted by Gasteiger charge is 2.26. The SMILES string of the molecule is C=CC(N[S@](C)=O)c1cc([N+](=O)[O-])ccc1SC1CC1. The number of hydrogen-bond acceptors (Lipinski definition) is 4. The van der Waals surface area contributed by atoms with Gasteiger partial charge in [-0.1, -0.05) is 6.08 Å². The minimum atomic E-state index is -1.22. The van der Waals surface area contributed by atoms with E-state index >= 15 is 0 Å². The van der Waals surface area contributed by atoms with E-state index < -0.39 is 15.9 Å². The molecule has 1 aliphatic rings. The molecule has 1 aliphatic carbocycles. The van der Waals surface area contributed by atoms with Gasteiger partial charge in [0.1, 0.15) is 0 Å². The quantitative estimate of drug-likeness (QED) is 0.477. The number of non-ortho nitro benzene ring substituents is 1. The van der Waals surface area contributed by atoms with Crippen molar-refractivity contribution in [3.05, 3.63) is 46.5 Å². The highest BCUT2D eigenvalue weighted by atomic mass is 32.2. The van der Waals surface area contributed by atoms with Crippen LogP contribution in [0.15, 0.2) is 35.7 Å². The van der Waals surface area contributed by atoms with Crippen molar-refractivity contribution in [1.82, 2.24) is 4.72 Å². The molecule has 0 amide bonds. The molecule has 20 heavy (non-hydrogen) atoms. The van der Waals surface area contributed by atoms with Crippen LogP contribution in [0.2, 0.25) is 0 Å². The van der Waals surface area contributed by atoms with Crippen molar-refractivity contribution >= 4 is 28.4 Å². The number of thioether (sulfide) groups is 1. The highest BCUT2D eigenvalue weighted by molar-refractivity contribution is 8.00. The largest absolute Gasteiger partial charge is 0.269 e. The van der Waals surface area contributed by atoms with E-state index in [2.05, 4.69) is 11.3 Å². The maximum atomic E-state index is 11.4. The Bertz CT molecular complexity index is 559. The summed E-state index contributed by atoms with van der Waals surface area (Å²) >= 11 is 1.72. The van der Waals surface area contributed by atoms with Gasteiger partial charge in [-0.2, -0.15) is 0 Å². The smallest absolute Gasteiger partial charge is 0.258 e.